The lowest BCUT2D eigenvalue weighted by molar-refractivity contribution is 0.0972. The Morgan fingerprint density at radius 2 is 2.47 bits per heavy atom. The monoisotopic (exact) mass is 206 g/mol. The Labute approximate surface area is 90.4 Å². The van der Waals surface area contributed by atoms with Crippen molar-refractivity contribution < 1.29 is 4.74 Å². The number of aryl methyl sites for hydroxylation is 1. The molecule has 0 saturated carbocycles. The van der Waals surface area contributed by atoms with E-state index < -0.39 is 0 Å². The lowest BCUT2D eigenvalue weighted by Gasteiger charge is -2.20. The molecule has 3 nitrogen and oxygen atoms in total. The van der Waals surface area contributed by atoms with Gasteiger partial charge in [0.15, 0.2) is 0 Å². The molecule has 2 aliphatic rings. The molecule has 2 fully saturated rings. The van der Waals surface area contributed by atoms with Crippen LogP contribution in [0.2, 0.25) is 0 Å². The highest BCUT2D eigenvalue weighted by Crippen LogP contribution is 2.34. The van der Waals surface area contributed by atoms with E-state index in [9.17, 15) is 0 Å². The van der Waals surface area contributed by atoms with E-state index in [1.54, 1.807) is 0 Å². The van der Waals surface area contributed by atoms with Crippen LogP contribution in [0.25, 0.3) is 0 Å². The van der Waals surface area contributed by atoms with E-state index in [2.05, 4.69) is 35.3 Å². The van der Waals surface area contributed by atoms with E-state index in [0.717, 1.165) is 6.54 Å². The highest BCUT2D eigenvalue weighted by Gasteiger charge is 2.40. The summed E-state index contributed by atoms with van der Waals surface area (Å²) >= 11 is 0. The summed E-state index contributed by atoms with van der Waals surface area (Å²) in [6, 6.07) is 4.84. The Balaban J connectivity index is 1.57. The summed E-state index contributed by atoms with van der Waals surface area (Å²) in [4.78, 5) is 0. The second-order valence-corrected chi connectivity index (χ2v) is 4.71. The fourth-order valence-electron chi connectivity index (χ4n) is 2.77. The van der Waals surface area contributed by atoms with Gasteiger partial charge in [0.25, 0.3) is 0 Å². The van der Waals surface area contributed by atoms with Crippen LogP contribution in [-0.4, -0.2) is 22.8 Å². The van der Waals surface area contributed by atoms with Crippen molar-refractivity contribution >= 4 is 0 Å². The third kappa shape index (κ3) is 1.70. The van der Waals surface area contributed by atoms with Crippen molar-refractivity contribution in [2.45, 2.75) is 44.1 Å². The maximum atomic E-state index is 5.82. The largest absolute Gasteiger partial charge is 0.373 e. The van der Waals surface area contributed by atoms with Crippen molar-refractivity contribution in [2.24, 2.45) is 7.05 Å². The van der Waals surface area contributed by atoms with Gasteiger partial charge < -0.3 is 14.6 Å². The summed E-state index contributed by atoms with van der Waals surface area (Å²) in [5.74, 6) is 0. The fourth-order valence-corrected chi connectivity index (χ4v) is 2.77. The molecule has 3 atom stereocenters. The number of ether oxygens (including phenoxy) is 1. The molecule has 3 rings (SSSR count). The van der Waals surface area contributed by atoms with Crippen molar-refractivity contribution in [3.63, 3.8) is 0 Å². The molecule has 1 aromatic rings. The molecule has 2 aliphatic heterocycles. The summed E-state index contributed by atoms with van der Waals surface area (Å²) in [6.07, 6.45) is 6.84. The average molecular weight is 206 g/mol. The van der Waals surface area contributed by atoms with Crippen LogP contribution in [0.3, 0.4) is 0 Å². The van der Waals surface area contributed by atoms with Gasteiger partial charge in [0, 0.05) is 31.5 Å². The minimum atomic E-state index is 0.482. The van der Waals surface area contributed by atoms with E-state index in [0.29, 0.717) is 18.2 Å². The summed E-state index contributed by atoms with van der Waals surface area (Å²) in [5.41, 5.74) is 1.35. The number of nitrogens with one attached hydrogen (secondary N) is 1. The molecule has 3 unspecified atom stereocenters. The first-order valence-electron chi connectivity index (χ1n) is 5.82. The van der Waals surface area contributed by atoms with Gasteiger partial charge in [-0.15, -0.1) is 0 Å². The van der Waals surface area contributed by atoms with E-state index in [-0.39, 0.29) is 0 Å². The Hall–Kier alpha value is -0.800. The first kappa shape index (κ1) is 9.43. The van der Waals surface area contributed by atoms with Gasteiger partial charge in [0.1, 0.15) is 0 Å². The summed E-state index contributed by atoms with van der Waals surface area (Å²) in [6.45, 7) is 0.959. The highest BCUT2D eigenvalue weighted by atomic mass is 16.5. The third-order valence-electron chi connectivity index (χ3n) is 3.70. The van der Waals surface area contributed by atoms with E-state index >= 15 is 0 Å². The van der Waals surface area contributed by atoms with Gasteiger partial charge in [-0.2, -0.15) is 0 Å². The molecule has 1 aromatic heterocycles. The Morgan fingerprint density at radius 3 is 3.07 bits per heavy atom. The molecule has 3 heterocycles. The zero-order valence-corrected chi connectivity index (χ0v) is 9.15. The molecule has 0 radical (unpaired) electrons. The van der Waals surface area contributed by atoms with Crippen molar-refractivity contribution in [3.8, 4) is 0 Å². The molecule has 1 N–H and O–H groups in total. The number of nitrogens with zero attached hydrogens (tertiary/aromatic N) is 1. The standard InChI is InChI=1S/C12H18N2O/c1-14-6-2-3-9(14)8-13-11-7-10-4-5-12(11)15-10/h2-3,6,10-13H,4-5,7-8H2,1H3. The van der Waals surface area contributed by atoms with Crippen LogP contribution in [0.5, 0.6) is 0 Å². The predicted octanol–water partition coefficient (Wildman–Crippen LogP) is 1.43. The molecule has 82 valence electrons. The van der Waals surface area contributed by atoms with Crippen molar-refractivity contribution in [1.82, 2.24) is 9.88 Å². The van der Waals surface area contributed by atoms with Crippen molar-refractivity contribution in [3.05, 3.63) is 24.0 Å². The van der Waals surface area contributed by atoms with Gasteiger partial charge in [-0.25, -0.2) is 0 Å². The van der Waals surface area contributed by atoms with Gasteiger partial charge in [-0.3, -0.25) is 0 Å². The Bertz CT molecular complexity index is 347. The number of aromatic nitrogens is 1. The van der Waals surface area contributed by atoms with Crippen LogP contribution in [0.4, 0.5) is 0 Å². The molecule has 0 aliphatic carbocycles. The molecule has 2 bridgehead atoms. The fraction of sp³-hybridized carbons (Fsp3) is 0.667. The molecular formula is C12H18N2O. The highest BCUT2D eigenvalue weighted by molar-refractivity contribution is 5.07. The zero-order valence-electron chi connectivity index (χ0n) is 9.15. The molecule has 0 amide bonds. The van der Waals surface area contributed by atoms with Crippen LogP contribution in [-0.2, 0) is 18.3 Å². The second kappa shape index (κ2) is 3.65. The quantitative estimate of drug-likeness (QED) is 0.809. The van der Waals surface area contributed by atoms with Gasteiger partial charge in [0.2, 0.25) is 0 Å². The van der Waals surface area contributed by atoms with Crippen LogP contribution in [0.15, 0.2) is 18.3 Å². The van der Waals surface area contributed by atoms with E-state index in [1.165, 1.54) is 25.0 Å². The summed E-state index contributed by atoms with van der Waals surface area (Å²) in [5, 5.41) is 3.61. The minimum absolute atomic E-state index is 0.482. The third-order valence-corrected chi connectivity index (χ3v) is 3.70. The van der Waals surface area contributed by atoms with Gasteiger partial charge in [-0.1, -0.05) is 0 Å². The maximum absolute atomic E-state index is 5.82. The summed E-state index contributed by atoms with van der Waals surface area (Å²) in [7, 11) is 2.09. The Kier molecular flexibility index (Phi) is 2.29. The van der Waals surface area contributed by atoms with Crippen LogP contribution in [0, 0.1) is 0 Å². The molecule has 0 spiro atoms. The minimum Gasteiger partial charge on any atom is -0.373 e. The topological polar surface area (TPSA) is 26.2 Å². The van der Waals surface area contributed by atoms with E-state index in [4.69, 9.17) is 4.74 Å². The zero-order chi connectivity index (χ0) is 10.3. The molecule has 2 saturated heterocycles. The average Bonchev–Trinajstić information content (AvgIpc) is 2.90. The van der Waals surface area contributed by atoms with Gasteiger partial charge in [-0.05, 0) is 31.4 Å². The first-order valence-corrected chi connectivity index (χ1v) is 5.82. The number of hydrogen-bond acceptors (Lipinski definition) is 2. The van der Waals surface area contributed by atoms with Crippen molar-refractivity contribution in [2.75, 3.05) is 0 Å². The molecule has 0 aromatic carbocycles. The second-order valence-electron chi connectivity index (χ2n) is 4.71. The SMILES string of the molecule is Cn1cccc1CNC1CC2CCC1O2. The number of hydrogen-bond donors (Lipinski definition) is 1. The van der Waals surface area contributed by atoms with Crippen LogP contribution < -0.4 is 5.32 Å². The van der Waals surface area contributed by atoms with Gasteiger partial charge >= 0.3 is 0 Å². The molecule has 3 heteroatoms. The van der Waals surface area contributed by atoms with E-state index in [1.807, 2.05) is 0 Å². The van der Waals surface area contributed by atoms with Crippen LogP contribution in [0.1, 0.15) is 25.0 Å². The lowest BCUT2D eigenvalue weighted by atomic mass is 9.95. The first-order chi connectivity index (χ1) is 7.33. The van der Waals surface area contributed by atoms with Crippen LogP contribution >= 0.6 is 0 Å². The van der Waals surface area contributed by atoms with Crippen molar-refractivity contribution in [1.29, 1.82) is 0 Å². The predicted molar refractivity (Wildman–Crippen MR) is 58.6 cm³/mol. The number of rotatable bonds is 3. The smallest absolute Gasteiger partial charge is 0.0733 e. The summed E-state index contributed by atoms with van der Waals surface area (Å²) < 4.78 is 7.98. The molecule has 15 heavy (non-hydrogen) atoms. The molecular weight excluding hydrogens is 188 g/mol. The number of fused-ring (bicyclic) bond motifs is 2. The van der Waals surface area contributed by atoms with Gasteiger partial charge in [0.05, 0.1) is 12.2 Å². The lowest BCUT2D eigenvalue weighted by Crippen LogP contribution is -2.37. The normalized spacial score (nSPS) is 33.8. The Morgan fingerprint density at radius 1 is 1.53 bits per heavy atom. The maximum Gasteiger partial charge on any atom is 0.0733 e.